The van der Waals surface area contributed by atoms with E-state index in [1.54, 1.807) is 0 Å². The molecule has 0 radical (unpaired) electrons. The van der Waals surface area contributed by atoms with Crippen LogP contribution in [0, 0.1) is 0 Å². The van der Waals surface area contributed by atoms with Crippen molar-refractivity contribution in [3.63, 3.8) is 0 Å². The van der Waals surface area contributed by atoms with Gasteiger partial charge in [0, 0.05) is 75.8 Å². The first-order chi connectivity index (χ1) is 49.5. The summed E-state index contributed by atoms with van der Waals surface area (Å²) in [4.78, 5) is 5.30. The first-order valence-electron chi connectivity index (χ1n) is 36.0. The molecule has 0 unspecified atom stereocenters. The summed E-state index contributed by atoms with van der Waals surface area (Å²) >= 11 is 1.94. The van der Waals surface area contributed by atoms with E-state index in [2.05, 4.69) is 362 Å². The van der Waals surface area contributed by atoms with Gasteiger partial charge in [0.1, 0.15) is 11.2 Å². The molecule has 488 valence electrons. The normalized spacial score (nSPS) is 13.3. The Kier molecular flexibility index (Phi) is 13.1. The van der Waals surface area contributed by atoms with E-state index in [4.69, 9.17) is 4.42 Å². The van der Waals surface area contributed by atoms with Gasteiger partial charge >= 0.3 is 0 Å². The topological polar surface area (TPSA) is 24.6 Å². The van der Waals surface area contributed by atoms with Gasteiger partial charge in [-0.1, -0.05) is 269 Å². The molecule has 2 aliphatic rings. The molecule has 0 fully saturated rings. The molecule has 0 spiro atoms. The predicted octanol–water partition coefficient (Wildman–Crippen LogP) is 25.4. The molecule has 3 aromatic heterocycles. The summed E-state index contributed by atoms with van der Waals surface area (Å²) < 4.78 is 12.7. The van der Waals surface area contributed by atoms with Gasteiger partial charge in [-0.15, -0.1) is 11.3 Å². The lowest BCUT2D eigenvalue weighted by molar-refractivity contribution is 0.590. The molecule has 5 heterocycles. The van der Waals surface area contributed by atoms with E-state index in [0.29, 0.717) is 0 Å². The second kappa shape index (κ2) is 22.0. The molecule has 0 atom stereocenters. The average molecular weight is 1330 g/mol. The molecule has 20 rings (SSSR count). The molecule has 18 aromatic rings. The Balaban J connectivity index is 0.933. The molecule has 15 aromatic carbocycles. The number of para-hydroxylation sites is 4. The highest BCUT2D eigenvalue weighted by Gasteiger charge is 2.47. The van der Waals surface area contributed by atoms with Crippen molar-refractivity contribution in [1.82, 2.24) is 4.57 Å². The summed E-state index contributed by atoms with van der Waals surface area (Å²) in [6, 6.07) is 108. The lowest BCUT2D eigenvalue weighted by Gasteiger charge is -2.44. The van der Waals surface area contributed by atoms with Crippen LogP contribution in [0.5, 0.6) is 0 Å². The third-order valence-corrected chi connectivity index (χ3v) is 23.5. The first kappa shape index (κ1) is 60.5. The summed E-state index contributed by atoms with van der Waals surface area (Å²) in [7, 11) is 0. The minimum Gasteiger partial charge on any atom is -0.455 e. The molecule has 102 heavy (non-hydrogen) atoms. The molecule has 6 heteroatoms. The monoisotopic (exact) mass is 1330 g/mol. The van der Waals surface area contributed by atoms with Crippen LogP contribution in [-0.2, 0) is 16.2 Å². The van der Waals surface area contributed by atoms with Crippen molar-refractivity contribution in [3.05, 3.63) is 302 Å². The van der Waals surface area contributed by atoms with Crippen molar-refractivity contribution >= 4 is 154 Å². The third-order valence-electron chi connectivity index (χ3n) is 22.3. The van der Waals surface area contributed by atoms with Crippen LogP contribution in [-0.4, -0.2) is 11.3 Å². The number of furan rings is 1. The predicted molar refractivity (Wildman–Crippen MR) is 439 cm³/mol. The molecule has 0 N–H and O–H groups in total. The van der Waals surface area contributed by atoms with Gasteiger partial charge in [-0.05, 0) is 183 Å². The summed E-state index contributed by atoms with van der Waals surface area (Å²) in [5.41, 5.74) is 27.4. The Bertz CT molecular complexity index is 6510. The highest BCUT2D eigenvalue weighted by Crippen LogP contribution is 2.55. The van der Waals surface area contributed by atoms with E-state index >= 15 is 0 Å². The fourth-order valence-corrected chi connectivity index (χ4v) is 18.6. The number of nitrogens with zero attached hydrogens (tertiary/aromatic N) is 3. The first-order valence-corrected chi connectivity index (χ1v) is 36.8. The van der Waals surface area contributed by atoms with Crippen LogP contribution in [0.25, 0.3) is 136 Å². The van der Waals surface area contributed by atoms with E-state index in [1.807, 2.05) is 11.3 Å². The van der Waals surface area contributed by atoms with E-state index < -0.39 is 0 Å². The van der Waals surface area contributed by atoms with Gasteiger partial charge in [-0.3, -0.25) is 0 Å². The number of hydrogen-bond donors (Lipinski definition) is 0. The van der Waals surface area contributed by atoms with Gasteiger partial charge in [-0.25, -0.2) is 0 Å². The van der Waals surface area contributed by atoms with Crippen LogP contribution in [0.4, 0.5) is 34.1 Å². The van der Waals surface area contributed by atoms with Gasteiger partial charge in [-0.2, -0.15) is 0 Å². The number of fused-ring (bicyclic) bond motifs is 12. The SMILES string of the molecule is CC(C)(C)c1ccc(-n2c3ccccc3c3cc4c(cc32)N(c2ccccc2-c2ccccc2)c2cc(-c3ccc(-c5cc6cc(C(C)(C)C)cc7ccc8cc(C(C)(C)C)cc5c8c76)c5c3oc3ccccc35)cc3c2B4c2sc4ccccc4c2N3c2ccccc2-c2ccccc2)cc1. The number of anilines is 6. The number of rotatable bonds is 7. The fraction of sp³-hybridized carbons (Fsp3) is 0.125. The van der Waals surface area contributed by atoms with Crippen LogP contribution < -0.4 is 25.5 Å². The zero-order valence-electron chi connectivity index (χ0n) is 58.9. The van der Waals surface area contributed by atoms with Gasteiger partial charge in [0.2, 0.25) is 0 Å². The smallest absolute Gasteiger partial charge is 0.264 e. The Morgan fingerprint density at radius 3 is 1.58 bits per heavy atom. The zero-order chi connectivity index (χ0) is 68.8. The molecular weight excluding hydrogens is 1250 g/mol. The van der Waals surface area contributed by atoms with E-state index in [1.165, 1.54) is 102 Å². The van der Waals surface area contributed by atoms with Crippen molar-refractivity contribution in [2.24, 2.45) is 0 Å². The van der Waals surface area contributed by atoms with Crippen molar-refractivity contribution < 1.29 is 4.42 Å². The Hall–Kier alpha value is -11.4. The summed E-state index contributed by atoms with van der Waals surface area (Å²) in [6.07, 6.45) is 0. The van der Waals surface area contributed by atoms with Crippen LogP contribution in [0.2, 0.25) is 0 Å². The Morgan fingerprint density at radius 2 is 0.892 bits per heavy atom. The molecule has 0 amide bonds. The fourth-order valence-electron chi connectivity index (χ4n) is 17.3. The van der Waals surface area contributed by atoms with Crippen molar-refractivity contribution in [2.75, 3.05) is 9.80 Å². The highest BCUT2D eigenvalue weighted by atomic mass is 32.1. The standard InChI is InChI=1S/C96H74BN3OS/c1-94(2,3)63-42-44-66(45-43-63)98-80-37-23-18-32-70(80)75-55-77-82(56-81(75)98)99(78-35-21-16-30-67(78)57-26-12-10-13-27-57)83-52-61(53-84-90(83)97(77)93-91(73-34-20-25-39-86(73)102-93)100(84)79-36-22-17-31-68(79)58-28-14-11-15-29-58)69-46-47-71(89-72-33-19-24-38-85(72)101-92(69)89)74-51-62-50-64(95(4,5)6)48-59-40-41-60-49-65(96(7,8)9)54-76(74)88(60)87(59)62/h10-56H,1-9H3. The van der Waals surface area contributed by atoms with Crippen LogP contribution >= 0.6 is 11.3 Å². The molecule has 4 nitrogen and oxygen atoms in total. The molecule has 0 bridgehead atoms. The Morgan fingerprint density at radius 1 is 0.333 bits per heavy atom. The van der Waals surface area contributed by atoms with Crippen LogP contribution in [0.1, 0.15) is 79.0 Å². The molecular formula is C96H74BN3OS. The second-order valence-electron chi connectivity index (χ2n) is 31.6. The van der Waals surface area contributed by atoms with Crippen LogP contribution in [0.3, 0.4) is 0 Å². The third kappa shape index (κ3) is 9.07. The number of benzene rings is 15. The largest absolute Gasteiger partial charge is 0.455 e. The van der Waals surface area contributed by atoms with Gasteiger partial charge in [0.05, 0.1) is 28.1 Å². The maximum absolute atomic E-state index is 7.60. The van der Waals surface area contributed by atoms with Crippen molar-refractivity contribution in [3.8, 4) is 50.2 Å². The van der Waals surface area contributed by atoms with Gasteiger partial charge in [0.15, 0.2) is 0 Å². The van der Waals surface area contributed by atoms with Gasteiger partial charge in [0.25, 0.3) is 6.71 Å². The van der Waals surface area contributed by atoms with E-state index in [0.717, 1.165) is 101 Å². The van der Waals surface area contributed by atoms with Crippen molar-refractivity contribution in [2.45, 2.75) is 78.6 Å². The summed E-state index contributed by atoms with van der Waals surface area (Å²) in [5, 5.41) is 13.6. The average Bonchev–Trinajstić information content (AvgIpc) is 1.57. The highest BCUT2D eigenvalue weighted by molar-refractivity contribution is 7.33. The number of aromatic nitrogens is 1. The number of hydrogen-bond acceptors (Lipinski definition) is 4. The minimum atomic E-state index is -0.178. The zero-order valence-corrected chi connectivity index (χ0v) is 59.7. The van der Waals surface area contributed by atoms with Gasteiger partial charge < -0.3 is 18.8 Å². The molecule has 0 saturated carbocycles. The lowest BCUT2D eigenvalue weighted by atomic mass is 9.36. The summed E-state index contributed by atoms with van der Waals surface area (Å²) in [6.45, 7) is 20.8. The maximum Gasteiger partial charge on any atom is 0.264 e. The van der Waals surface area contributed by atoms with Crippen molar-refractivity contribution in [1.29, 1.82) is 0 Å². The Labute approximate surface area is 599 Å². The van der Waals surface area contributed by atoms with E-state index in [9.17, 15) is 0 Å². The molecule has 0 aliphatic carbocycles. The summed E-state index contributed by atoms with van der Waals surface area (Å²) in [5.74, 6) is 0. The number of thiophene rings is 1. The molecule has 0 saturated heterocycles. The maximum atomic E-state index is 7.60. The van der Waals surface area contributed by atoms with Crippen LogP contribution in [0.15, 0.2) is 290 Å². The lowest BCUT2D eigenvalue weighted by Crippen LogP contribution is -2.60. The minimum absolute atomic E-state index is 0.00312. The second-order valence-corrected chi connectivity index (χ2v) is 32.6. The molecule has 2 aliphatic heterocycles. The quantitative estimate of drug-likeness (QED) is 0.117. The van der Waals surface area contributed by atoms with E-state index in [-0.39, 0.29) is 23.0 Å².